The van der Waals surface area contributed by atoms with Gasteiger partial charge in [0.15, 0.2) is 12.4 Å². The largest absolute Gasteiger partial charge is 0.846 e. The Labute approximate surface area is 241 Å². The maximum absolute atomic E-state index is 12.4. The van der Waals surface area contributed by atoms with Gasteiger partial charge in [-0.05, 0) is 60.9 Å². The average Bonchev–Trinajstić information content (AvgIpc) is 3.01. The van der Waals surface area contributed by atoms with Crippen LogP contribution in [0.1, 0.15) is 25.0 Å². The second-order valence-corrected chi connectivity index (χ2v) is 9.33. The summed E-state index contributed by atoms with van der Waals surface area (Å²) in [6.45, 7) is 5.81. The number of ether oxygens (including phenoxy) is 2. The third kappa shape index (κ3) is 8.83. The van der Waals surface area contributed by atoms with Crippen molar-refractivity contribution in [1.82, 2.24) is 4.90 Å². The van der Waals surface area contributed by atoms with E-state index in [1.807, 2.05) is 62.4 Å². The first kappa shape index (κ1) is 29.1. The zero-order chi connectivity index (χ0) is 28.9. The summed E-state index contributed by atoms with van der Waals surface area (Å²) in [5.41, 5.74) is 5.08. The van der Waals surface area contributed by atoms with Gasteiger partial charge < -0.3 is 24.8 Å². The number of pyridine rings is 1. The van der Waals surface area contributed by atoms with E-state index in [4.69, 9.17) is 9.47 Å². The van der Waals surface area contributed by atoms with Gasteiger partial charge in [0, 0.05) is 36.8 Å². The topological polar surface area (TPSA) is 90.1 Å². The molecule has 0 aliphatic carbocycles. The van der Waals surface area contributed by atoms with Gasteiger partial charge in [-0.1, -0.05) is 54.6 Å². The van der Waals surface area contributed by atoms with Gasteiger partial charge >= 0.3 is 6.09 Å². The van der Waals surface area contributed by atoms with E-state index in [1.165, 1.54) is 16.7 Å². The molecule has 0 bridgehead atoms. The van der Waals surface area contributed by atoms with E-state index in [-0.39, 0.29) is 19.4 Å². The highest BCUT2D eigenvalue weighted by Crippen LogP contribution is 2.24. The molecule has 8 heteroatoms. The van der Waals surface area contributed by atoms with Crippen LogP contribution in [0.3, 0.4) is 0 Å². The molecule has 0 spiro atoms. The van der Waals surface area contributed by atoms with Crippen molar-refractivity contribution in [1.29, 1.82) is 0 Å². The zero-order valence-electron chi connectivity index (χ0n) is 23.5. The number of nitrogens with one attached hydrogen (secondary N) is 1. The summed E-state index contributed by atoms with van der Waals surface area (Å²) in [5, 5.41) is 15.2. The molecule has 1 aromatic heterocycles. The molecule has 0 atom stereocenters. The predicted octanol–water partition coefficient (Wildman–Crippen LogP) is 5.03. The number of aromatic nitrogens is 1. The van der Waals surface area contributed by atoms with Crippen LogP contribution < -0.4 is 19.7 Å². The Morgan fingerprint density at radius 3 is 2.41 bits per heavy atom. The number of anilines is 1. The smallest absolute Gasteiger partial charge is 0.414 e. The molecule has 0 radical (unpaired) electrons. The molecule has 0 aliphatic heterocycles. The molecule has 1 amide bonds. The van der Waals surface area contributed by atoms with Gasteiger partial charge in [0.25, 0.3) is 6.73 Å². The lowest BCUT2D eigenvalue weighted by Gasteiger charge is -2.16. The van der Waals surface area contributed by atoms with Gasteiger partial charge in [0.05, 0.1) is 19.2 Å². The number of aliphatic imine (C=N–C) groups is 1. The Hall–Kier alpha value is -4.85. The number of carbonyl (C=O) groups excluding carboxylic acids is 1. The fourth-order valence-corrected chi connectivity index (χ4v) is 4.33. The minimum absolute atomic E-state index is 0.0866. The van der Waals surface area contributed by atoms with E-state index in [9.17, 15) is 9.90 Å². The molecule has 212 valence electrons. The summed E-state index contributed by atoms with van der Waals surface area (Å²) in [7, 11) is 0. The SMILES string of the molecule is CCN(CC)C(=O)OC[n+]1cccc(CN=C([O-])Nc2ccc(OCCc3ccccc3-c3ccccc3)cc2)c1. The number of carbonyl (C=O) groups is 1. The van der Waals surface area contributed by atoms with Crippen LogP contribution in [0.25, 0.3) is 11.1 Å². The Kier molecular flexibility index (Phi) is 10.7. The predicted molar refractivity (Wildman–Crippen MR) is 158 cm³/mol. The van der Waals surface area contributed by atoms with Crippen molar-refractivity contribution < 1.29 is 23.9 Å². The third-order valence-corrected chi connectivity index (χ3v) is 6.53. The lowest BCUT2D eigenvalue weighted by Crippen LogP contribution is -2.39. The van der Waals surface area contributed by atoms with Crippen molar-refractivity contribution in [2.75, 3.05) is 25.0 Å². The highest BCUT2D eigenvalue weighted by atomic mass is 16.6. The number of rotatable bonds is 12. The van der Waals surface area contributed by atoms with Crippen LogP contribution in [0.2, 0.25) is 0 Å². The van der Waals surface area contributed by atoms with Crippen molar-refractivity contribution in [3.63, 3.8) is 0 Å². The average molecular weight is 553 g/mol. The van der Waals surface area contributed by atoms with E-state index in [0.29, 0.717) is 25.4 Å². The second kappa shape index (κ2) is 15.1. The first-order valence-electron chi connectivity index (χ1n) is 13.8. The molecule has 0 fully saturated rings. The molecule has 41 heavy (non-hydrogen) atoms. The Bertz CT molecular complexity index is 1420. The molecular weight excluding hydrogens is 516 g/mol. The maximum Gasteiger partial charge on any atom is 0.414 e. The highest BCUT2D eigenvalue weighted by Gasteiger charge is 2.13. The fourth-order valence-electron chi connectivity index (χ4n) is 4.33. The minimum atomic E-state index is -0.445. The normalized spacial score (nSPS) is 11.1. The van der Waals surface area contributed by atoms with E-state index >= 15 is 0 Å². The van der Waals surface area contributed by atoms with Crippen molar-refractivity contribution in [2.45, 2.75) is 33.5 Å². The minimum Gasteiger partial charge on any atom is -0.846 e. The quantitative estimate of drug-likeness (QED) is 0.151. The Balaban J connectivity index is 1.25. The third-order valence-electron chi connectivity index (χ3n) is 6.53. The van der Waals surface area contributed by atoms with Crippen molar-refractivity contribution in [3.05, 3.63) is 115 Å². The summed E-state index contributed by atoms with van der Waals surface area (Å²) in [5.74, 6) is 0.729. The maximum atomic E-state index is 12.4. The lowest BCUT2D eigenvalue weighted by atomic mass is 9.98. The van der Waals surface area contributed by atoms with Crippen LogP contribution in [0, 0.1) is 0 Å². The summed E-state index contributed by atoms with van der Waals surface area (Å²) >= 11 is 0. The van der Waals surface area contributed by atoms with Gasteiger partial charge in [0.2, 0.25) is 0 Å². The number of nitrogens with zero attached hydrogens (tertiary/aromatic N) is 3. The van der Waals surface area contributed by atoms with Crippen LogP contribution in [-0.2, 0) is 24.4 Å². The Morgan fingerprint density at radius 2 is 1.66 bits per heavy atom. The van der Waals surface area contributed by atoms with Gasteiger partial charge in [0.1, 0.15) is 5.75 Å². The number of benzene rings is 3. The number of hydrogen-bond donors (Lipinski definition) is 1. The lowest BCUT2D eigenvalue weighted by molar-refractivity contribution is -0.727. The molecule has 1 N–H and O–H groups in total. The molecule has 0 saturated carbocycles. The van der Waals surface area contributed by atoms with Gasteiger partial charge in [-0.3, -0.25) is 4.99 Å². The second-order valence-electron chi connectivity index (χ2n) is 9.33. The first-order valence-corrected chi connectivity index (χ1v) is 13.8. The van der Waals surface area contributed by atoms with Crippen LogP contribution in [0.15, 0.2) is 108 Å². The number of hydrogen-bond acceptors (Lipinski definition) is 5. The first-order chi connectivity index (χ1) is 20.1. The molecular formula is C33H36N4O4. The molecule has 0 aliphatic rings. The molecule has 8 nitrogen and oxygen atoms in total. The Morgan fingerprint density at radius 1 is 0.927 bits per heavy atom. The molecule has 3 aromatic carbocycles. The fraction of sp³-hybridized carbons (Fsp3) is 0.242. The summed E-state index contributed by atoms with van der Waals surface area (Å²) in [6.07, 6.45) is 4.02. The van der Waals surface area contributed by atoms with E-state index in [0.717, 1.165) is 17.7 Å². The highest BCUT2D eigenvalue weighted by molar-refractivity contribution is 5.85. The molecule has 1 heterocycles. The molecule has 0 saturated heterocycles. The monoisotopic (exact) mass is 552 g/mol. The standard InChI is InChI=1S/C33H36N4O4/c1-3-37(4-2)33(39)41-25-36-21-10-11-26(24-36)23-34-32(38)35-29-16-18-30(19-17-29)40-22-20-28-14-8-9-15-31(28)27-12-6-5-7-13-27/h5-19,21,24H,3-4,20,22-23,25H2,1-2H3,(H-,34,35,38). The van der Waals surface area contributed by atoms with E-state index in [2.05, 4.69) is 40.6 Å². The van der Waals surface area contributed by atoms with E-state index < -0.39 is 6.02 Å². The summed E-state index contributed by atoms with van der Waals surface area (Å²) in [6, 6.07) is 29.2. The van der Waals surface area contributed by atoms with Gasteiger partial charge in [-0.15, -0.1) is 0 Å². The molecule has 4 rings (SSSR count). The van der Waals surface area contributed by atoms with Crippen LogP contribution in [0.4, 0.5) is 10.5 Å². The van der Waals surface area contributed by atoms with Crippen molar-refractivity contribution >= 4 is 17.8 Å². The molecule has 0 unspecified atom stereocenters. The van der Waals surface area contributed by atoms with Crippen molar-refractivity contribution in [3.8, 4) is 16.9 Å². The van der Waals surface area contributed by atoms with Crippen LogP contribution in [-0.4, -0.2) is 36.7 Å². The van der Waals surface area contributed by atoms with Crippen molar-refractivity contribution in [2.24, 2.45) is 4.99 Å². The summed E-state index contributed by atoms with van der Waals surface area (Å²) in [4.78, 5) is 17.8. The van der Waals surface area contributed by atoms with Gasteiger partial charge in [-0.2, -0.15) is 4.57 Å². The van der Waals surface area contributed by atoms with Crippen LogP contribution >= 0.6 is 0 Å². The van der Waals surface area contributed by atoms with Crippen LogP contribution in [0.5, 0.6) is 5.75 Å². The van der Waals surface area contributed by atoms with Gasteiger partial charge in [-0.25, -0.2) is 4.79 Å². The number of amidine groups is 1. The van der Waals surface area contributed by atoms with E-state index in [1.54, 1.807) is 34.0 Å². The summed E-state index contributed by atoms with van der Waals surface area (Å²) < 4.78 is 13.0. The number of amides is 1. The zero-order valence-corrected chi connectivity index (χ0v) is 23.5. The molecule has 4 aromatic rings.